The molecule has 0 bridgehead atoms. The summed E-state index contributed by atoms with van der Waals surface area (Å²) in [6.45, 7) is 1.61. The number of thiophene rings is 1. The van der Waals surface area contributed by atoms with Crippen molar-refractivity contribution in [3.05, 3.63) is 89.1 Å². The largest absolute Gasteiger partial charge is 0.294 e. The first-order chi connectivity index (χ1) is 16.5. The third-order valence-corrected chi connectivity index (χ3v) is 8.75. The summed E-state index contributed by atoms with van der Waals surface area (Å²) < 4.78 is 15.2. The number of benzene rings is 3. The lowest BCUT2D eigenvalue weighted by atomic mass is 9.85. The minimum absolute atomic E-state index is 0.0505. The van der Waals surface area contributed by atoms with Gasteiger partial charge >= 0.3 is 0 Å². The second kappa shape index (κ2) is 11.9. The number of rotatable bonds is 5. The van der Waals surface area contributed by atoms with E-state index in [1.54, 1.807) is 24.3 Å². The van der Waals surface area contributed by atoms with Crippen LogP contribution in [0.15, 0.2) is 72.8 Å². The predicted molar refractivity (Wildman–Crippen MR) is 148 cm³/mol. The van der Waals surface area contributed by atoms with E-state index in [1.807, 2.05) is 54.6 Å². The maximum absolute atomic E-state index is 14.0. The number of halogens is 1. The van der Waals surface area contributed by atoms with Crippen molar-refractivity contribution in [2.24, 2.45) is 5.92 Å². The average molecular weight is 491 g/mol. The molecule has 1 nitrogen and oxygen atoms in total. The number of Topliss-reactive ketones (excluding diaryl/α,β-unsaturated/α-hetero) is 1. The van der Waals surface area contributed by atoms with Crippen LogP contribution in [0.5, 0.6) is 0 Å². The molecule has 1 aliphatic rings. The lowest BCUT2D eigenvalue weighted by Gasteiger charge is -2.21. The topological polar surface area (TPSA) is 17.1 Å². The van der Waals surface area contributed by atoms with Crippen molar-refractivity contribution in [1.82, 2.24) is 0 Å². The maximum Gasteiger partial charge on any atom is 0.170 e. The third-order valence-electron chi connectivity index (χ3n) is 6.65. The molecule has 4 aromatic rings. The molecule has 0 amide bonds. The minimum Gasteiger partial charge on any atom is -0.294 e. The average Bonchev–Trinajstić information content (AvgIpc) is 3.22. The molecule has 0 radical (unpaired) electrons. The molecule has 0 spiro atoms. The fourth-order valence-electron chi connectivity index (χ4n) is 4.74. The fourth-order valence-corrected chi connectivity index (χ4v) is 6.49. The summed E-state index contributed by atoms with van der Waals surface area (Å²) in [5.41, 5.74) is 3.16. The molecule has 34 heavy (non-hydrogen) atoms. The number of ketones is 1. The van der Waals surface area contributed by atoms with Gasteiger partial charge in [0, 0.05) is 10.1 Å². The van der Waals surface area contributed by atoms with Crippen LogP contribution in [-0.4, -0.2) is 5.78 Å². The SMILES string of the molecule is CC(=O)c1sc2ccccc2c1P.Fc1ccc(-c2ccccc2)cc1CCC1CCCCC1. The van der Waals surface area contributed by atoms with Crippen LogP contribution in [0.3, 0.4) is 0 Å². The first-order valence-electron chi connectivity index (χ1n) is 12.1. The van der Waals surface area contributed by atoms with Gasteiger partial charge in [0.2, 0.25) is 0 Å². The quantitative estimate of drug-likeness (QED) is 0.202. The molecule has 1 aromatic heterocycles. The van der Waals surface area contributed by atoms with E-state index < -0.39 is 0 Å². The van der Waals surface area contributed by atoms with E-state index in [4.69, 9.17) is 0 Å². The zero-order chi connectivity index (χ0) is 23.9. The number of carbonyl (C=O) groups excluding carboxylic acids is 1. The van der Waals surface area contributed by atoms with E-state index in [2.05, 4.69) is 21.4 Å². The van der Waals surface area contributed by atoms with Crippen LogP contribution in [0, 0.1) is 11.7 Å². The smallest absolute Gasteiger partial charge is 0.170 e. The zero-order valence-electron chi connectivity index (χ0n) is 19.7. The Labute approximate surface area is 208 Å². The monoisotopic (exact) mass is 490 g/mol. The molecule has 3 aromatic carbocycles. The van der Waals surface area contributed by atoms with Crippen LogP contribution in [0.25, 0.3) is 21.2 Å². The Morgan fingerprint density at radius 3 is 2.35 bits per heavy atom. The van der Waals surface area contributed by atoms with Crippen molar-refractivity contribution < 1.29 is 9.18 Å². The van der Waals surface area contributed by atoms with Gasteiger partial charge in [-0.1, -0.05) is 86.7 Å². The summed E-state index contributed by atoms with van der Waals surface area (Å²) in [7, 11) is 2.65. The maximum atomic E-state index is 14.0. The molecular weight excluding hydrogens is 458 g/mol. The molecule has 0 saturated heterocycles. The van der Waals surface area contributed by atoms with E-state index in [1.165, 1.54) is 42.2 Å². The second-order valence-corrected chi connectivity index (χ2v) is 10.7. The number of hydrogen-bond donors (Lipinski definition) is 0. The molecule has 1 atom stereocenters. The molecule has 1 saturated carbocycles. The number of hydrogen-bond acceptors (Lipinski definition) is 2. The van der Waals surface area contributed by atoms with Gasteiger partial charge in [-0.3, -0.25) is 4.79 Å². The van der Waals surface area contributed by atoms with Crippen molar-refractivity contribution >= 4 is 41.8 Å². The van der Waals surface area contributed by atoms with Crippen molar-refractivity contribution in [1.29, 1.82) is 0 Å². The Hall–Kier alpha value is -2.35. The van der Waals surface area contributed by atoms with Crippen LogP contribution in [0.4, 0.5) is 4.39 Å². The van der Waals surface area contributed by atoms with Crippen LogP contribution in [0.1, 0.15) is 60.7 Å². The normalized spacial score (nSPS) is 14.0. The highest BCUT2D eigenvalue weighted by atomic mass is 32.1. The standard InChI is InChI=1S/C20H23F.C10H9OPS/c21-20-14-13-18(17-9-5-2-6-10-17)15-19(20)12-11-16-7-3-1-4-8-16;1-6(11)10-9(12)7-4-2-3-5-8(7)13-10/h2,5-6,9-10,13-16H,1,3-4,7-8,11-12H2;2-5H,12H2,1H3. The Balaban J connectivity index is 0.000000180. The van der Waals surface area contributed by atoms with Crippen molar-refractivity contribution in [3.8, 4) is 11.1 Å². The lowest BCUT2D eigenvalue weighted by molar-refractivity contribution is 0.102. The molecule has 4 heteroatoms. The summed E-state index contributed by atoms with van der Waals surface area (Å²) in [6, 6.07) is 23.8. The second-order valence-electron chi connectivity index (χ2n) is 9.11. The van der Waals surface area contributed by atoms with Gasteiger partial charge < -0.3 is 0 Å². The van der Waals surface area contributed by atoms with Crippen LogP contribution in [-0.2, 0) is 6.42 Å². The highest BCUT2D eigenvalue weighted by molar-refractivity contribution is 7.34. The summed E-state index contributed by atoms with van der Waals surface area (Å²) in [5, 5.41) is 2.20. The zero-order valence-corrected chi connectivity index (χ0v) is 21.7. The van der Waals surface area contributed by atoms with Gasteiger partial charge in [-0.05, 0) is 65.9 Å². The highest BCUT2D eigenvalue weighted by Crippen LogP contribution is 2.29. The molecule has 1 unspecified atom stereocenters. The molecule has 1 heterocycles. The van der Waals surface area contributed by atoms with Gasteiger partial charge in [0.05, 0.1) is 4.88 Å². The van der Waals surface area contributed by atoms with Gasteiger partial charge in [0.1, 0.15) is 5.82 Å². The van der Waals surface area contributed by atoms with Crippen molar-refractivity contribution in [3.63, 3.8) is 0 Å². The first-order valence-corrected chi connectivity index (χ1v) is 13.5. The number of carbonyl (C=O) groups is 1. The molecule has 1 fully saturated rings. The molecule has 5 rings (SSSR count). The Bertz CT molecular complexity index is 1240. The molecule has 0 aliphatic heterocycles. The van der Waals surface area contributed by atoms with Crippen LogP contribution >= 0.6 is 20.6 Å². The Morgan fingerprint density at radius 1 is 0.941 bits per heavy atom. The fraction of sp³-hybridized carbons (Fsp3) is 0.300. The van der Waals surface area contributed by atoms with E-state index in [0.717, 1.165) is 45.6 Å². The summed E-state index contributed by atoms with van der Waals surface area (Å²) in [4.78, 5) is 12.1. The lowest BCUT2D eigenvalue weighted by Crippen LogP contribution is -2.07. The predicted octanol–water partition coefficient (Wildman–Crippen LogP) is 8.61. The third kappa shape index (κ3) is 6.20. The van der Waals surface area contributed by atoms with E-state index >= 15 is 0 Å². The van der Waals surface area contributed by atoms with E-state index in [0.29, 0.717) is 0 Å². The van der Waals surface area contributed by atoms with Crippen LogP contribution < -0.4 is 5.30 Å². The van der Waals surface area contributed by atoms with E-state index in [9.17, 15) is 9.18 Å². The highest BCUT2D eigenvalue weighted by Gasteiger charge is 2.15. The summed E-state index contributed by atoms with van der Waals surface area (Å²) >= 11 is 1.56. The first kappa shape index (κ1) is 24.8. The van der Waals surface area contributed by atoms with Gasteiger partial charge in [-0.25, -0.2) is 4.39 Å². The molecule has 1 aliphatic carbocycles. The molecule has 176 valence electrons. The summed E-state index contributed by atoms with van der Waals surface area (Å²) in [5.74, 6) is 0.898. The van der Waals surface area contributed by atoms with Crippen molar-refractivity contribution in [2.45, 2.75) is 51.9 Å². The summed E-state index contributed by atoms with van der Waals surface area (Å²) in [6.07, 6.45) is 8.77. The van der Waals surface area contributed by atoms with Gasteiger partial charge in [0.15, 0.2) is 5.78 Å². The van der Waals surface area contributed by atoms with Crippen LogP contribution in [0.2, 0.25) is 0 Å². The Morgan fingerprint density at radius 2 is 1.65 bits per heavy atom. The van der Waals surface area contributed by atoms with Gasteiger partial charge in [-0.2, -0.15) is 0 Å². The number of fused-ring (bicyclic) bond motifs is 1. The van der Waals surface area contributed by atoms with E-state index in [-0.39, 0.29) is 11.6 Å². The van der Waals surface area contributed by atoms with Gasteiger partial charge in [-0.15, -0.1) is 20.6 Å². The number of aryl methyl sites for hydroxylation is 1. The van der Waals surface area contributed by atoms with Crippen molar-refractivity contribution in [2.75, 3.05) is 0 Å². The van der Waals surface area contributed by atoms with Gasteiger partial charge in [0.25, 0.3) is 0 Å². The Kier molecular flexibility index (Phi) is 8.64. The minimum atomic E-state index is -0.0505. The molecular formula is C30H32FOPS. The molecule has 0 N–H and O–H groups in total.